The third kappa shape index (κ3) is 3.73. The van der Waals surface area contributed by atoms with Gasteiger partial charge in [-0.15, -0.1) is 13.2 Å². The molecule has 9 heteroatoms. The summed E-state index contributed by atoms with van der Waals surface area (Å²) in [4.78, 5) is 6.13. The van der Waals surface area contributed by atoms with Crippen molar-refractivity contribution in [1.29, 1.82) is 0 Å². The molecule has 0 aliphatic heterocycles. The molecule has 0 radical (unpaired) electrons. The molecule has 1 aromatic heterocycles. The van der Waals surface area contributed by atoms with Gasteiger partial charge in [0.15, 0.2) is 5.13 Å². The summed E-state index contributed by atoms with van der Waals surface area (Å²) in [6, 6.07) is 5.78. The molecular formula is C27H31F3N4OS. The summed E-state index contributed by atoms with van der Waals surface area (Å²) in [5, 5.41) is 8.25. The lowest BCUT2D eigenvalue weighted by molar-refractivity contribution is -0.274. The van der Waals surface area contributed by atoms with Crippen LogP contribution in [0, 0.1) is 28.6 Å². The Labute approximate surface area is 213 Å². The number of nitrogens with one attached hydrogen (secondary N) is 1. The molecule has 2 fully saturated rings. The zero-order valence-electron chi connectivity index (χ0n) is 20.5. The van der Waals surface area contributed by atoms with Gasteiger partial charge in [0, 0.05) is 16.8 Å². The normalized spacial score (nSPS) is 34.3. The molecular weight excluding hydrogens is 485 g/mol. The number of nitrogens with zero attached hydrogens (tertiary/aromatic N) is 2. The largest absolute Gasteiger partial charge is 0.573 e. The maximum atomic E-state index is 12.4. The SMILES string of the molecule is C[C@]12CCc3nc(Nc4ccc(OC(F)(F)F)cc4)sc3C1=CC[C@@H]1[C@@H]2CC[C@]2(C)/C(=N/N)CC[C@@H]12. The predicted octanol–water partition coefficient (Wildman–Crippen LogP) is 7.28. The molecule has 0 bridgehead atoms. The van der Waals surface area contributed by atoms with Gasteiger partial charge in [-0.25, -0.2) is 4.98 Å². The number of anilines is 2. The number of aryl methyl sites for hydroxylation is 1. The number of ether oxygens (including phenoxy) is 1. The first-order valence-corrected chi connectivity index (χ1v) is 13.5. The maximum Gasteiger partial charge on any atom is 0.573 e. The highest BCUT2D eigenvalue weighted by Crippen LogP contribution is 2.65. The molecule has 4 aliphatic carbocycles. The zero-order chi connectivity index (χ0) is 25.3. The molecule has 192 valence electrons. The lowest BCUT2D eigenvalue weighted by Crippen LogP contribution is -2.49. The van der Waals surface area contributed by atoms with E-state index in [2.05, 4.69) is 35.1 Å². The Bertz CT molecular complexity index is 1240. The van der Waals surface area contributed by atoms with Crippen LogP contribution >= 0.6 is 11.3 Å². The van der Waals surface area contributed by atoms with Crippen LogP contribution in [0.2, 0.25) is 0 Å². The van der Waals surface area contributed by atoms with Crippen molar-refractivity contribution in [3.8, 4) is 5.75 Å². The molecule has 0 spiro atoms. The molecule has 2 aromatic rings. The van der Waals surface area contributed by atoms with Gasteiger partial charge in [-0.1, -0.05) is 31.3 Å². The van der Waals surface area contributed by atoms with E-state index in [1.54, 1.807) is 23.5 Å². The Morgan fingerprint density at radius 1 is 1.08 bits per heavy atom. The summed E-state index contributed by atoms with van der Waals surface area (Å²) in [6.45, 7) is 4.84. The number of aromatic nitrogens is 1. The highest BCUT2D eigenvalue weighted by Gasteiger charge is 2.58. The average Bonchev–Trinajstić information content (AvgIpc) is 3.39. The molecule has 0 unspecified atom stereocenters. The number of hydrazone groups is 1. The van der Waals surface area contributed by atoms with Gasteiger partial charge < -0.3 is 15.9 Å². The summed E-state index contributed by atoms with van der Waals surface area (Å²) in [5.74, 6) is 7.52. The Kier molecular flexibility index (Phi) is 5.45. The van der Waals surface area contributed by atoms with Crippen molar-refractivity contribution in [3.63, 3.8) is 0 Å². The highest BCUT2D eigenvalue weighted by atomic mass is 32.1. The second-order valence-corrected chi connectivity index (χ2v) is 12.2. The van der Waals surface area contributed by atoms with E-state index in [4.69, 9.17) is 10.8 Å². The maximum absolute atomic E-state index is 12.4. The van der Waals surface area contributed by atoms with E-state index in [0.717, 1.165) is 42.9 Å². The molecule has 1 aromatic carbocycles. The van der Waals surface area contributed by atoms with Gasteiger partial charge >= 0.3 is 6.36 Å². The standard InChI is InChI=1S/C27H31F3N4OS/c1-25-14-12-21-23(36-24(33-21)32-15-3-5-16(6-4-15)35-27(28,29)30)20(25)8-7-17-18-9-10-22(34-31)26(18,2)13-11-19(17)25/h3-6,8,17-19H,7,9-14,31H2,1-2H3,(H,32,33)/b34-22+/t17-,18-,19-,25+,26-/m0/s1. The average molecular weight is 517 g/mol. The summed E-state index contributed by atoms with van der Waals surface area (Å²) in [6.07, 6.45) is 5.51. The fourth-order valence-corrected chi connectivity index (χ4v) is 9.00. The van der Waals surface area contributed by atoms with Crippen LogP contribution in [-0.2, 0) is 6.42 Å². The van der Waals surface area contributed by atoms with Crippen LogP contribution in [0.15, 0.2) is 35.4 Å². The minimum atomic E-state index is -4.70. The zero-order valence-corrected chi connectivity index (χ0v) is 21.3. The Balaban J connectivity index is 1.24. The second kappa shape index (κ2) is 8.23. The third-order valence-electron chi connectivity index (χ3n) is 9.52. The van der Waals surface area contributed by atoms with Gasteiger partial charge in [-0.2, -0.15) is 5.10 Å². The van der Waals surface area contributed by atoms with Crippen LogP contribution in [0.4, 0.5) is 24.0 Å². The first kappa shape index (κ1) is 23.8. The van der Waals surface area contributed by atoms with E-state index in [1.165, 1.54) is 41.1 Å². The summed E-state index contributed by atoms with van der Waals surface area (Å²) >= 11 is 1.65. The Morgan fingerprint density at radius 2 is 1.83 bits per heavy atom. The lowest BCUT2D eigenvalue weighted by atomic mass is 9.48. The van der Waals surface area contributed by atoms with Crippen LogP contribution in [0.3, 0.4) is 0 Å². The lowest BCUT2D eigenvalue weighted by Gasteiger charge is -2.56. The van der Waals surface area contributed by atoms with Crippen molar-refractivity contribution >= 4 is 33.4 Å². The van der Waals surface area contributed by atoms with Crippen LogP contribution in [0.5, 0.6) is 5.75 Å². The number of allylic oxidation sites excluding steroid dienone is 2. The van der Waals surface area contributed by atoms with Gasteiger partial charge in [0.2, 0.25) is 0 Å². The molecule has 3 N–H and O–H groups in total. The molecule has 1 heterocycles. The second-order valence-electron chi connectivity index (χ2n) is 11.2. The number of benzene rings is 1. The summed E-state index contributed by atoms with van der Waals surface area (Å²) in [7, 11) is 0. The monoisotopic (exact) mass is 516 g/mol. The van der Waals surface area contributed by atoms with Gasteiger partial charge in [0.25, 0.3) is 0 Å². The van der Waals surface area contributed by atoms with Gasteiger partial charge in [0.1, 0.15) is 5.75 Å². The fourth-order valence-electron chi connectivity index (χ4n) is 7.79. The number of rotatable bonds is 3. The predicted molar refractivity (Wildman–Crippen MR) is 136 cm³/mol. The van der Waals surface area contributed by atoms with Crippen LogP contribution in [0.25, 0.3) is 5.57 Å². The van der Waals surface area contributed by atoms with E-state index in [0.29, 0.717) is 23.4 Å². The van der Waals surface area contributed by atoms with Crippen LogP contribution < -0.4 is 15.9 Å². The van der Waals surface area contributed by atoms with E-state index >= 15 is 0 Å². The first-order chi connectivity index (χ1) is 17.1. The van der Waals surface area contributed by atoms with Gasteiger partial charge in [-0.05, 0) is 98.0 Å². The molecule has 6 rings (SSSR count). The molecule has 5 nitrogen and oxygen atoms in total. The smallest absolute Gasteiger partial charge is 0.406 e. The number of hydrogen-bond acceptors (Lipinski definition) is 6. The molecule has 36 heavy (non-hydrogen) atoms. The fraction of sp³-hybridized carbons (Fsp3) is 0.556. The summed E-state index contributed by atoms with van der Waals surface area (Å²) < 4.78 is 41.3. The Morgan fingerprint density at radius 3 is 2.56 bits per heavy atom. The first-order valence-electron chi connectivity index (χ1n) is 12.7. The van der Waals surface area contributed by atoms with Crippen molar-refractivity contribution in [2.75, 3.05) is 5.32 Å². The molecule has 0 saturated heterocycles. The number of hydrogen-bond donors (Lipinski definition) is 2. The van der Waals surface area contributed by atoms with E-state index in [9.17, 15) is 13.2 Å². The number of halogens is 3. The number of nitrogens with two attached hydrogens (primary N) is 1. The molecule has 2 saturated carbocycles. The quantitative estimate of drug-likeness (QED) is 0.332. The van der Waals surface area contributed by atoms with Crippen molar-refractivity contribution in [2.24, 2.45) is 39.5 Å². The number of alkyl halides is 3. The van der Waals surface area contributed by atoms with Crippen molar-refractivity contribution in [1.82, 2.24) is 4.98 Å². The number of fused-ring (bicyclic) bond motifs is 7. The minimum absolute atomic E-state index is 0.139. The molecule has 5 atom stereocenters. The third-order valence-corrected chi connectivity index (χ3v) is 10.6. The van der Waals surface area contributed by atoms with E-state index in [-0.39, 0.29) is 16.6 Å². The van der Waals surface area contributed by atoms with Gasteiger partial charge in [-0.3, -0.25) is 0 Å². The van der Waals surface area contributed by atoms with Crippen molar-refractivity contribution in [2.45, 2.75) is 65.2 Å². The minimum Gasteiger partial charge on any atom is -0.406 e. The van der Waals surface area contributed by atoms with Crippen molar-refractivity contribution < 1.29 is 17.9 Å². The topological polar surface area (TPSA) is 72.5 Å². The van der Waals surface area contributed by atoms with Crippen LogP contribution in [-0.4, -0.2) is 17.1 Å². The van der Waals surface area contributed by atoms with E-state index in [1.807, 2.05) is 0 Å². The van der Waals surface area contributed by atoms with Crippen LogP contribution in [0.1, 0.15) is 62.9 Å². The van der Waals surface area contributed by atoms with Crippen molar-refractivity contribution in [3.05, 3.63) is 40.9 Å². The number of thiazole rings is 1. The Hall–Kier alpha value is -2.55. The van der Waals surface area contributed by atoms with E-state index < -0.39 is 6.36 Å². The van der Waals surface area contributed by atoms with Gasteiger partial charge in [0.05, 0.1) is 10.6 Å². The summed E-state index contributed by atoms with van der Waals surface area (Å²) in [5.41, 5.74) is 4.76. The molecule has 0 amide bonds. The highest BCUT2D eigenvalue weighted by molar-refractivity contribution is 7.16. The molecule has 4 aliphatic rings.